The average molecular weight is 286 g/mol. The molecule has 1 atom stereocenters. The number of aliphatic imine (C=N–C) groups is 1. The lowest BCUT2D eigenvalue weighted by Crippen LogP contribution is -2.42. The number of hydrogen-bond donors (Lipinski definition) is 3. The second-order valence-corrected chi connectivity index (χ2v) is 5.65. The van der Waals surface area contributed by atoms with Crippen molar-refractivity contribution in [3.8, 4) is 10.6 Å². The minimum atomic E-state index is -0.995. The first kappa shape index (κ1) is 12.8. The summed E-state index contributed by atoms with van der Waals surface area (Å²) in [6.45, 7) is 1.92. The monoisotopic (exact) mass is 286 g/mol. The minimum Gasteiger partial charge on any atom is -0.370 e. The minimum absolute atomic E-state index is 0.290. The molecule has 0 spiro atoms. The summed E-state index contributed by atoms with van der Waals surface area (Å²) in [4.78, 5) is 4.31. The molecule has 7 heteroatoms. The first-order valence-corrected chi connectivity index (χ1v) is 6.88. The first-order chi connectivity index (χ1) is 9.58. The van der Waals surface area contributed by atoms with Crippen LogP contribution in [0.4, 0.5) is 0 Å². The molecule has 0 aliphatic carbocycles. The van der Waals surface area contributed by atoms with Crippen LogP contribution in [0.15, 0.2) is 41.5 Å². The molecular formula is C13H14N6S. The van der Waals surface area contributed by atoms with Gasteiger partial charge in [0.25, 0.3) is 0 Å². The molecule has 1 aliphatic rings. The zero-order valence-corrected chi connectivity index (χ0v) is 11.7. The fraction of sp³-hybridized carbons (Fsp3) is 0.154. The molecule has 20 heavy (non-hydrogen) atoms. The van der Waals surface area contributed by atoms with Gasteiger partial charge >= 0.3 is 0 Å². The number of rotatable bonds is 2. The smallest absolute Gasteiger partial charge is 0.195 e. The van der Waals surface area contributed by atoms with Crippen LogP contribution in [0.25, 0.3) is 10.6 Å². The third-order valence-electron chi connectivity index (χ3n) is 2.99. The molecule has 0 radical (unpaired) electrons. The Kier molecular flexibility index (Phi) is 3.00. The van der Waals surface area contributed by atoms with Gasteiger partial charge in [0.15, 0.2) is 11.6 Å². The number of guanidine groups is 1. The van der Waals surface area contributed by atoms with E-state index in [9.17, 15) is 0 Å². The Hall–Kier alpha value is -2.25. The molecule has 1 aromatic carbocycles. The van der Waals surface area contributed by atoms with Gasteiger partial charge in [0.1, 0.15) is 10.0 Å². The van der Waals surface area contributed by atoms with Crippen molar-refractivity contribution in [3.05, 3.63) is 47.1 Å². The van der Waals surface area contributed by atoms with Crippen LogP contribution in [0.1, 0.15) is 10.6 Å². The fourth-order valence-corrected chi connectivity index (χ4v) is 2.83. The summed E-state index contributed by atoms with van der Waals surface area (Å²) >= 11 is 1.52. The predicted octanol–water partition coefficient (Wildman–Crippen LogP) is 1.06. The highest BCUT2D eigenvalue weighted by atomic mass is 32.1. The molecule has 1 aromatic heterocycles. The molecule has 0 bridgehead atoms. The van der Waals surface area contributed by atoms with Gasteiger partial charge in [0.05, 0.1) is 0 Å². The van der Waals surface area contributed by atoms with Crippen molar-refractivity contribution < 1.29 is 0 Å². The second kappa shape index (κ2) is 4.69. The largest absolute Gasteiger partial charge is 0.370 e. The van der Waals surface area contributed by atoms with Gasteiger partial charge in [-0.1, -0.05) is 35.6 Å². The van der Waals surface area contributed by atoms with Crippen LogP contribution in [0, 0.1) is 6.92 Å². The maximum Gasteiger partial charge on any atom is 0.195 e. The second-order valence-electron chi connectivity index (χ2n) is 4.47. The van der Waals surface area contributed by atoms with Gasteiger partial charge in [-0.3, -0.25) is 5.73 Å². The lowest BCUT2D eigenvalue weighted by Gasteiger charge is -2.27. The van der Waals surface area contributed by atoms with Gasteiger partial charge in [-0.05, 0) is 13.0 Å². The van der Waals surface area contributed by atoms with E-state index in [4.69, 9.17) is 11.5 Å². The maximum absolute atomic E-state index is 6.38. The van der Waals surface area contributed by atoms with Crippen molar-refractivity contribution in [2.24, 2.45) is 16.5 Å². The Morgan fingerprint density at radius 3 is 2.75 bits per heavy atom. The fourth-order valence-electron chi connectivity index (χ4n) is 2.10. The molecule has 1 aliphatic heterocycles. The van der Waals surface area contributed by atoms with Crippen molar-refractivity contribution >= 4 is 17.3 Å². The van der Waals surface area contributed by atoms with E-state index < -0.39 is 5.66 Å². The number of aryl methyl sites for hydroxylation is 1. The van der Waals surface area contributed by atoms with Crippen LogP contribution in [0.5, 0.6) is 0 Å². The van der Waals surface area contributed by atoms with Crippen LogP contribution < -0.4 is 16.8 Å². The standard InChI is InChI=1S/C13H14N6S/c1-8-18-19-11(20-8)9-4-2-3-5-10(9)13(15)6-7-16-12(14)17-13/h2-7H,15H2,1H3,(H3,14,16,17). The lowest BCUT2D eigenvalue weighted by molar-refractivity contribution is 0.582. The van der Waals surface area contributed by atoms with Crippen LogP contribution in [0.2, 0.25) is 0 Å². The van der Waals surface area contributed by atoms with Crippen molar-refractivity contribution in [1.29, 1.82) is 0 Å². The van der Waals surface area contributed by atoms with Crippen LogP contribution in [0.3, 0.4) is 0 Å². The predicted molar refractivity (Wildman–Crippen MR) is 79.8 cm³/mol. The van der Waals surface area contributed by atoms with E-state index in [1.54, 1.807) is 12.3 Å². The molecule has 6 nitrogen and oxygen atoms in total. The summed E-state index contributed by atoms with van der Waals surface area (Å²) in [5.41, 5.74) is 12.9. The number of nitrogens with one attached hydrogen (secondary N) is 1. The van der Waals surface area contributed by atoms with Crippen molar-refractivity contribution in [2.75, 3.05) is 0 Å². The Balaban J connectivity index is 2.15. The van der Waals surface area contributed by atoms with E-state index in [1.807, 2.05) is 31.2 Å². The number of nitrogens with zero attached hydrogens (tertiary/aromatic N) is 3. The lowest BCUT2D eigenvalue weighted by atomic mass is 9.95. The number of aromatic nitrogens is 2. The Labute approximate surface area is 120 Å². The molecule has 0 saturated heterocycles. The zero-order chi connectivity index (χ0) is 14.2. The summed E-state index contributed by atoms with van der Waals surface area (Å²) < 4.78 is 0. The Morgan fingerprint density at radius 1 is 1.25 bits per heavy atom. The number of benzene rings is 1. The summed E-state index contributed by atoms with van der Waals surface area (Å²) in [7, 11) is 0. The quantitative estimate of drug-likeness (QED) is 0.766. The van der Waals surface area contributed by atoms with Gasteiger partial charge in [-0.25, -0.2) is 4.99 Å². The molecule has 102 valence electrons. The molecule has 0 amide bonds. The molecule has 3 rings (SSSR count). The molecule has 0 saturated carbocycles. The highest BCUT2D eigenvalue weighted by molar-refractivity contribution is 7.14. The molecular weight excluding hydrogens is 272 g/mol. The van der Waals surface area contributed by atoms with Gasteiger partial charge in [-0.2, -0.15) is 0 Å². The molecule has 5 N–H and O–H groups in total. The summed E-state index contributed by atoms with van der Waals surface area (Å²) in [6, 6.07) is 7.75. The summed E-state index contributed by atoms with van der Waals surface area (Å²) in [5.74, 6) is 0.290. The Morgan fingerprint density at radius 2 is 2.05 bits per heavy atom. The third-order valence-corrected chi connectivity index (χ3v) is 3.86. The first-order valence-electron chi connectivity index (χ1n) is 6.07. The highest BCUT2D eigenvalue weighted by Crippen LogP contribution is 2.34. The summed E-state index contributed by atoms with van der Waals surface area (Å²) in [5, 5.41) is 12.8. The topological polar surface area (TPSA) is 102 Å². The maximum atomic E-state index is 6.38. The van der Waals surface area contributed by atoms with Crippen molar-refractivity contribution in [2.45, 2.75) is 12.6 Å². The van der Waals surface area contributed by atoms with Gasteiger partial charge in [0, 0.05) is 17.3 Å². The summed E-state index contributed by atoms with van der Waals surface area (Å²) in [6.07, 6.45) is 3.47. The average Bonchev–Trinajstić information content (AvgIpc) is 2.85. The highest BCUT2D eigenvalue weighted by Gasteiger charge is 2.29. The molecule has 2 heterocycles. The van der Waals surface area contributed by atoms with E-state index >= 15 is 0 Å². The van der Waals surface area contributed by atoms with Gasteiger partial charge in [0.2, 0.25) is 0 Å². The van der Waals surface area contributed by atoms with E-state index in [-0.39, 0.29) is 0 Å². The van der Waals surface area contributed by atoms with Gasteiger partial charge in [-0.15, -0.1) is 10.2 Å². The molecule has 0 fully saturated rings. The Bertz CT molecular complexity index is 704. The van der Waals surface area contributed by atoms with Crippen molar-refractivity contribution in [1.82, 2.24) is 15.5 Å². The van der Waals surface area contributed by atoms with E-state index in [0.29, 0.717) is 5.96 Å². The van der Waals surface area contributed by atoms with Crippen LogP contribution in [-0.2, 0) is 5.66 Å². The van der Waals surface area contributed by atoms with E-state index in [2.05, 4.69) is 20.5 Å². The SMILES string of the molecule is Cc1nnc(-c2ccccc2C2(N)C=CNC(N)=N2)s1. The van der Waals surface area contributed by atoms with Gasteiger partial charge < -0.3 is 11.1 Å². The van der Waals surface area contributed by atoms with Crippen LogP contribution >= 0.6 is 11.3 Å². The van der Waals surface area contributed by atoms with Crippen molar-refractivity contribution in [3.63, 3.8) is 0 Å². The van der Waals surface area contributed by atoms with E-state index in [1.165, 1.54) is 11.3 Å². The molecule has 1 unspecified atom stereocenters. The zero-order valence-electron chi connectivity index (χ0n) is 10.9. The normalized spacial score (nSPS) is 21.4. The van der Waals surface area contributed by atoms with Crippen LogP contribution in [-0.4, -0.2) is 16.2 Å². The van der Waals surface area contributed by atoms with E-state index in [0.717, 1.165) is 21.1 Å². The number of hydrogen-bond acceptors (Lipinski definition) is 7. The molecule has 2 aromatic rings. The number of nitrogens with two attached hydrogens (primary N) is 2. The third kappa shape index (κ3) is 2.17.